The van der Waals surface area contributed by atoms with Crippen LogP contribution in [0.4, 0.5) is 0 Å². The summed E-state index contributed by atoms with van der Waals surface area (Å²) in [6.45, 7) is 4.67. The highest BCUT2D eigenvalue weighted by Gasteiger charge is 2.23. The number of nitrogens with zero attached hydrogens (tertiary/aromatic N) is 1. The third kappa shape index (κ3) is 6.87. The van der Waals surface area contributed by atoms with Crippen molar-refractivity contribution in [3.8, 4) is 5.75 Å². The molecule has 144 valence electrons. The Labute approximate surface area is 161 Å². The molecule has 0 bridgehead atoms. The minimum absolute atomic E-state index is 0.104. The fourth-order valence-corrected chi connectivity index (χ4v) is 3.35. The van der Waals surface area contributed by atoms with E-state index in [4.69, 9.17) is 16.3 Å². The molecule has 5 nitrogen and oxygen atoms in total. The number of halogens is 1. The van der Waals surface area contributed by atoms with Crippen molar-refractivity contribution in [2.45, 2.75) is 45.4 Å². The molecule has 6 heteroatoms. The van der Waals surface area contributed by atoms with Crippen molar-refractivity contribution in [2.24, 2.45) is 5.92 Å². The van der Waals surface area contributed by atoms with Crippen LogP contribution < -0.4 is 10.1 Å². The fourth-order valence-electron chi connectivity index (χ4n) is 3.16. The van der Waals surface area contributed by atoms with E-state index in [2.05, 4.69) is 5.32 Å². The molecule has 2 rings (SSSR count). The topological polar surface area (TPSA) is 58.6 Å². The van der Waals surface area contributed by atoms with Crippen LogP contribution in [-0.4, -0.2) is 43.0 Å². The van der Waals surface area contributed by atoms with Crippen LogP contribution in [0, 0.1) is 5.92 Å². The van der Waals surface area contributed by atoms with Gasteiger partial charge >= 0.3 is 0 Å². The Balaban J connectivity index is 1.66. The van der Waals surface area contributed by atoms with Crippen LogP contribution in [0.2, 0.25) is 5.02 Å². The third-order valence-corrected chi connectivity index (χ3v) is 4.88. The summed E-state index contributed by atoms with van der Waals surface area (Å²) in [7, 11) is 0. The molecule has 1 fully saturated rings. The first kappa shape index (κ1) is 20.6. The number of hydrogen-bond acceptors (Lipinski definition) is 3. The minimum Gasteiger partial charge on any atom is -0.492 e. The van der Waals surface area contributed by atoms with Crippen molar-refractivity contribution in [1.29, 1.82) is 0 Å². The molecule has 1 aliphatic heterocycles. The summed E-state index contributed by atoms with van der Waals surface area (Å²) in [5, 5.41) is 3.57. The molecule has 0 radical (unpaired) electrons. The molecule has 26 heavy (non-hydrogen) atoms. The molecule has 1 atom stereocenters. The molecule has 1 aromatic rings. The molecule has 0 spiro atoms. The van der Waals surface area contributed by atoms with Crippen molar-refractivity contribution < 1.29 is 14.3 Å². The Hall–Kier alpha value is -1.75. The van der Waals surface area contributed by atoms with Crippen molar-refractivity contribution in [3.63, 3.8) is 0 Å². The van der Waals surface area contributed by atoms with E-state index >= 15 is 0 Å². The van der Waals surface area contributed by atoms with Gasteiger partial charge in [-0.15, -0.1) is 0 Å². The highest BCUT2D eigenvalue weighted by atomic mass is 35.5. The lowest BCUT2D eigenvalue weighted by Gasteiger charge is -2.33. The van der Waals surface area contributed by atoms with Gasteiger partial charge in [0, 0.05) is 32.5 Å². The maximum atomic E-state index is 12.4. The first-order valence-electron chi connectivity index (χ1n) is 9.52. The van der Waals surface area contributed by atoms with Crippen LogP contribution in [0.5, 0.6) is 5.75 Å². The molecular formula is C20H29ClN2O3. The van der Waals surface area contributed by atoms with Crippen LogP contribution in [0.25, 0.3) is 0 Å². The van der Waals surface area contributed by atoms with Gasteiger partial charge in [-0.3, -0.25) is 9.59 Å². The van der Waals surface area contributed by atoms with Crippen molar-refractivity contribution in [3.05, 3.63) is 29.3 Å². The van der Waals surface area contributed by atoms with Gasteiger partial charge in [0.25, 0.3) is 0 Å². The Morgan fingerprint density at radius 1 is 1.31 bits per heavy atom. The van der Waals surface area contributed by atoms with E-state index < -0.39 is 0 Å². The number of para-hydroxylation sites is 1. The zero-order valence-electron chi connectivity index (χ0n) is 15.5. The lowest BCUT2D eigenvalue weighted by molar-refractivity contribution is -0.133. The second kappa shape index (κ2) is 11.1. The van der Waals surface area contributed by atoms with Crippen molar-refractivity contribution >= 4 is 23.4 Å². The normalized spacial score (nSPS) is 17.0. The molecular weight excluding hydrogens is 352 g/mol. The van der Waals surface area contributed by atoms with Gasteiger partial charge < -0.3 is 15.0 Å². The first-order chi connectivity index (χ1) is 12.6. The average molecular weight is 381 g/mol. The molecule has 0 aliphatic carbocycles. The molecule has 1 saturated heterocycles. The number of carbonyl (C=O) groups is 2. The summed E-state index contributed by atoms with van der Waals surface area (Å²) in [4.78, 5) is 25.9. The van der Waals surface area contributed by atoms with Crippen LogP contribution in [0.1, 0.15) is 45.4 Å². The Morgan fingerprint density at radius 2 is 2.12 bits per heavy atom. The predicted molar refractivity (Wildman–Crippen MR) is 103 cm³/mol. The van der Waals surface area contributed by atoms with E-state index in [0.29, 0.717) is 49.1 Å². The second-order valence-electron chi connectivity index (χ2n) is 6.78. The molecule has 1 unspecified atom stereocenters. The maximum Gasteiger partial charge on any atom is 0.222 e. The van der Waals surface area contributed by atoms with Crippen molar-refractivity contribution in [2.75, 3.05) is 26.2 Å². The molecule has 1 N–H and O–H groups in total. The van der Waals surface area contributed by atoms with E-state index in [9.17, 15) is 9.59 Å². The monoisotopic (exact) mass is 380 g/mol. The summed E-state index contributed by atoms with van der Waals surface area (Å²) in [6, 6.07) is 7.34. The van der Waals surface area contributed by atoms with Crippen LogP contribution in [0.3, 0.4) is 0 Å². The van der Waals surface area contributed by atoms with Crippen molar-refractivity contribution in [1.82, 2.24) is 10.2 Å². The van der Waals surface area contributed by atoms with Crippen LogP contribution in [-0.2, 0) is 9.59 Å². The van der Waals surface area contributed by atoms with E-state index in [-0.39, 0.29) is 11.8 Å². The number of benzene rings is 1. The predicted octanol–water partition coefficient (Wildman–Crippen LogP) is 3.65. The minimum atomic E-state index is 0.104. The molecule has 1 aromatic carbocycles. The highest BCUT2D eigenvalue weighted by molar-refractivity contribution is 6.32. The van der Waals surface area contributed by atoms with Gasteiger partial charge in [-0.1, -0.05) is 30.7 Å². The van der Waals surface area contributed by atoms with Crippen LogP contribution in [0.15, 0.2) is 24.3 Å². The standard InChI is InChI=1S/C20H29ClN2O3/c1-2-7-19(24)22-14-16-8-5-12-23(15-16)20(25)11-6-13-26-18-10-4-3-9-17(18)21/h3-4,9-10,16H,2,5-8,11-15H2,1H3,(H,22,24). The summed E-state index contributed by atoms with van der Waals surface area (Å²) >= 11 is 6.05. The quantitative estimate of drug-likeness (QED) is 0.665. The number of likely N-dealkylation sites (tertiary alicyclic amines) is 1. The summed E-state index contributed by atoms with van der Waals surface area (Å²) < 4.78 is 5.63. The van der Waals surface area contributed by atoms with E-state index in [1.165, 1.54) is 0 Å². The summed E-state index contributed by atoms with van der Waals surface area (Å²) in [5.74, 6) is 1.28. The number of hydrogen-bond donors (Lipinski definition) is 1. The fraction of sp³-hybridized carbons (Fsp3) is 0.600. The average Bonchev–Trinajstić information content (AvgIpc) is 2.65. The molecule has 1 aliphatic rings. The number of rotatable bonds is 9. The Morgan fingerprint density at radius 3 is 2.88 bits per heavy atom. The molecule has 2 amide bonds. The van der Waals surface area contributed by atoms with E-state index in [1.807, 2.05) is 30.0 Å². The number of amides is 2. The van der Waals surface area contributed by atoms with Gasteiger partial charge in [0.05, 0.1) is 11.6 Å². The summed E-state index contributed by atoms with van der Waals surface area (Å²) in [6.07, 6.45) is 4.62. The third-order valence-electron chi connectivity index (χ3n) is 4.57. The lowest BCUT2D eigenvalue weighted by atomic mass is 9.97. The Bertz CT molecular complexity index is 594. The number of piperidine rings is 1. The zero-order valence-corrected chi connectivity index (χ0v) is 16.3. The second-order valence-corrected chi connectivity index (χ2v) is 7.19. The first-order valence-corrected chi connectivity index (χ1v) is 9.89. The van der Waals surface area contributed by atoms with E-state index in [1.54, 1.807) is 6.07 Å². The molecule has 0 saturated carbocycles. The van der Waals surface area contributed by atoms with Gasteiger partial charge in [-0.25, -0.2) is 0 Å². The molecule has 1 heterocycles. The van der Waals surface area contributed by atoms with Gasteiger partial charge in [0.2, 0.25) is 11.8 Å². The largest absolute Gasteiger partial charge is 0.492 e. The van der Waals surface area contributed by atoms with Gasteiger partial charge in [0.1, 0.15) is 5.75 Å². The SMILES string of the molecule is CCCC(=O)NCC1CCCN(C(=O)CCCOc2ccccc2Cl)C1. The smallest absolute Gasteiger partial charge is 0.222 e. The van der Waals surface area contributed by atoms with E-state index in [0.717, 1.165) is 32.4 Å². The highest BCUT2D eigenvalue weighted by Crippen LogP contribution is 2.23. The molecule has 0 aromatic heterocycles. The van der Waals surface area contributed by atoms with Gasteiger partial charge in [-0.05, 0) is 43.7 Å². The van der Waals surface area contributed by atoms with Gasteiger partial charge in [0.15, 0.2) is 0 Å². The number of ether oxygens (including phenoxy) is 1. The number of carbonyl (C=O) groups excluding carboxylic acids is 2. The lowest BCUT2D eigenvalue weighted by Crippen LogP contribution is -2.43. The van der Waals surface area contributed by atoms with Crippen LogP contribution >= 0.6 is 11.6 Å². The van der Waals surface area contributed by atoms with Gasteiger partial charge in [-0.2, -0.15) is 0 Å². The zero-order chi connectivity index (χ0) is 18.8. The number of nitrogens with one attached hydrogen (secondary N) is 1. The summed E-state index contributed by atoms with van der Waals surface area (Å²) in [5.41, 5.74) is 0. The maximum absolute atomic E-state index is 12.4. The Kier molecular flexibility index (Phi) is 8.75.